The third kappa shape index (κ3) is 5.40. The van der Waals surface area contributed by atoms with E-state index in [-0.39, 0.29) is 17.8 Å². The summed E-state index contributed by atoms with van der Waals surface area (Å²) in [4.78, 5) is 21.5. The first kappa shape index (κ1) is 21.3. The zero-order valence-electron chi connectivity index (χ0n) is 17.0. The molecule has 1 amide bonds. The number of piperazine rings is 1. The van der Waals surface area contributed by atoms with E-state index in [0.717, 1.165) is 37.4 Å². The summed E-state index contributed by atoms with van der Waals surface area (Å²) < 4.78 is 13.2. The normalized spacial score (nSPS) is 15.5. The SMILES string of the molecule is O=C(NC[C@H](c1cccnc1)N1CCN(c2ccc(F)cc2)CC1)c1cccc(Cl)c1. The summed E-state index contributed by atoms with van der Waals surface area (Å²) in [6, 6.07) is 17.5. The van der Waals surface area contributed by atoms with Crippen LogP contribution in [0.5, 0.6) is 0 Å². The fourth-order valence-corrected chi connectivity index (χ4v) is 4.09. The van der Waals surface area contributed by atoms with Crippen LogP contribution in [-0.4, -0.2) is 48.5 Å². The van der Waals surface area contributed by atoms with Gasteiger partial charge in [-0.05, 0) is 54.1 Å². The topological polar surface area (TPSA) is 48.5 Å². The number of anilines is 1. The van der Waals surface area contributed by atoms with Gasteiger partial charge in [-0.15, -0.1) is 0 Å². The van der Waals surface area contributed by atoms with E-state index in [4.69, 9.17) is 11.6 Å². The minimum absolute atomic E-state index is 0.00667. The van der Waals surface area contributed by atoms with Gasteiger partial charge in [-0.25, -0.2) is 4.39 Å². The smallest absolute Gasteiger partial charge is 0.251 e. The maximum Gasteiger partial charge on any atom is 0.251 e. The molecule has 0 aliphatic carbocycles. The van der Waals surface area contributed by atoms with Crippen LogP contribution in [0.3, 0.4) is 0 Å². The Balaban J connectivity index is 1.43. The van der Waals surface area contributed by atoms with E-state index in [2.05, 4.69) is 20.1 Å². The lowest BCUT2D eigenvalue weighted by Crippen LogP contribution is -2.50. The van der Waals surface area contributed by atoms with Gasteiger partial charge in [0.25, 0.3) is 5.91 Å². The lowest BCUT2D eigenvalue weighted by atomic mass is 10.1. The Kier molecular flexibility index (Phi) is 6.79. The predicted molar refractivity (Wildman–Crippen MR) is 121 cm³/mol. The number of hydrogen-bond acceptors (Lipinski definition) is 4. The van der Waals surface area contributed by atoms with Gasteiger partial charge < -0.3 is 10.2 Å². The van der Waals surface area contributed by atoms with Crippen molar-refractivity contribution in [1.82, 2.24) is 15.2 Å². The van der Waals surface area contributed by atoms with Crippen molar-refractivity contribution in [3.05, 3.63) is 95.0 Å². The third-order valence-corrected chi connectivity index (χ3v) is 5.79. The number of rotatable bonds is 6. The fourth-order valence-electron chi connectivity index (χ4n) is 3.90. The van der Waals surface area contributed by atoms with Crippen LogP contribution in [0, 0.1) is 5.82 Å². The monoisotopic (exact) mass is 438 g/mol. The standard InChI is InChI=1S/C24H24ClFN4O/c25-20-5-1-3-18(15-20)24(31)28-17-23(19-4-2-10-27-16-19)30-13-11-29(12-14-30)22-8-6-21(26)7-9-22/h1-10,15-16,23H,11-14,17H2,(H,28,31)/t23-/m1/s1. The molecular formula is C24H24ClFN4O. The molecule has 1 aliphatic rings. The number of carbonyl (C=O) groups excluding carboxylic acids is 1. The van der Waals surface area contributed by atoms with Gasteiger partial charge in [-0.2, -0.15) is 0 Å². The Hall–Kier alpha value is -2.96. The van der Waals surface area contributed by atoms with Gasteiger partial charge in [-0.3, -0.25) is 14.7 Å². The number of amides is 1. The minimum Gasteiger partial charge on any atom is -0.369 e. The molecule has 160 valence electrons. The average molecular weight is 439 g/mol. The molecule has 1 N–H and O–H groups in total. The first-order chi connectivity index (χ1) is 15.1. The van der Waals surface area contributed by atoms with Gasteiger partial charge in [-0.1, -0.05) is 23.7 Å². The number of benzene rings is 2. The molecule has 0 spiro atoms. The van der Waals surface area contributed by atoms with Crippen molar-refractivity contribution in [2.75, 3.05) is 37.6 Å². The Bertz CT molecular complexity index is 1010. The number of carbonyl (C=O) groups is 1. The molecule has 1 saturated heterocycles. The molecule has 5 nitrogen and oxygen atoms in total. The van der Waals surface area contributed by atoms with Crippen LogP contribution in [0.25, 0.3) is 0 Å². The summed E-state index contributed by atoms with van der Waals surface area (Å²) in [6.07, 6.45) is 3.60. The van der Waals surface area contributed by atoms with E-state index in [1.165, 1.54) is 12.1 Å². The molecule has 7 heteroatoms. The highest BCUT2D eigenvalue weighted by molar-refractivity contribution is 6.30. The van der Waals surface area contributed by atoms with Crippen LogP contribution < -0.4 is 10.2 Å². The molecule has 1 fully saturated rings. The molecule has 0 radical (unpaired) electrons. The van der Waals surface area contributed by atoms with Crippen molar-refractivity contribution >= 4 is 23.2 Å². The Morgan fingerprint density at radius 3 is 2.52 bits per heavy atom. The van der Waals surface area contributed by atoms with E-state index < -0.39 is 0 Å². The van der Waals surface area contributed by atoms with Crippen LogP contribution in [0.2, 0.25) is 5.02 Å². The Labute approximate surface area is 186 Å². The molecule has 0 saturated carbocycles. The molecule has 31 heavy (non-hydrogen) atoms. The molecule has 0 unspecified atom stereocenters. The van der Waals surface area contributed by atoms with E-state index in [0.29, 0.717) is 17.1 Å². The number of hydrogen-bond donors (Lipinski definition) is 1. The number of aromatic nitrogens is 1. The highest BCUT2D eigenvalue weighted by Gasteiger charge is 2.26. The number of nitrogens with one attached hydrogen (secondary N) is 1. The van der Waals surface area contributed by atoms with Crippen LogP contribution in [0.4, 0.5) is 10.1 Å². The van der Waals surface area contributed by atoms with E-state index in [1.807, 2.05) is 30.5 Å². The molecule has 2 heterocycles. The highest BCUT2D eigenvalue weighted by atomic mass is 35.5. The molecule has 3 aromatic rings. The summed E-state index contributed by atoms with van der Waals surface area (Å²) in [5, 5.41) is 3.58. The quantitative estimate of drug-likeness (QED) is 0.627. The molecule has 4 rings (SSSR count). The minimum atomic E-state index is -0.227. The summed E-state index contributed by atoms with van der Waals surface area (Å²) in [5.74, 6) is -0.379. The van der Waals surface area contributed by atoms with Crippen molar-refractivity contribution in [2.45, 2.75) is 6.04 Å². The lowest BCUT2D eigenvalue weighted by Gasteiger charge is -2.40. The zero-order valence-corrected chi connectivity index (χ0v) is 17.8. The Morgan fingerprint density at radius 1 is 1.06 bits per heavy atom. The van der Waals surface area contributed by atoms with E-state index >= 15 is 0 Å². The van der Waals surface area contributed by atoms with Crippen LogP contribution >= 0.6 is 11.6 Å². The highest BCUT2D eigenvalue weighted by Crippen LogP contribution is 2.24. The predicted octanol–water partition coefficient (Wildman–Crippen LogP) is 4.17. The van der Waals surface area contributed by atoms with Gasteiger partial charge in [0, 0.05) is 61.4 Å². The molecule has 1 atom stereocenters. The van der Waals surface area contributed by atoms with Crippen molar-refractivity contribution in [2.24, 2.45) is 0 Å². The number of halogens is 2. The van der Waals surface area contributed by atoms with Gasteiger partial charge in [0.1, 0.15) is 5.82 Å². The summed E-state index contributed by atoms with van der Waals surface area (Å²) in [6.45, 7) is 3.76. The molecule has 0 bridgehead atoms. The van der Waals surface area contributed by atoms with Crippen molar-refractivity contribution in [3.63, 3.8) is 0 Å². The van der Waals surface area contributed by atoms with Gasteiger partial charge in [0.15, 0.2) is 0 Å². The zero-order chi connectivity index (χ0) is 21.6. The van der Waals surface area contributed by atoms with Crippen molar-refractivity contribution in [3.8, 4) is 0 Å². The molecule has 1 aromatic heterocycles. The summed E-state index contributed by atoms with van der Waals surface area (Å²) in [7, 11) is 0. The van der Waals surface area contributed by atoms with Crippen LogP contribution in [0.1, 0.15) is 22.0 Å². The summed E-state index contributed by atoms with van der Waals surface area (Å²) in [5.41, 5.74) is 2.62. The number of pyridine rings is 1. The van der Waals surface area contributed by atoms with Gasteiger partial charge >= 0.3 is 0 Å². The van der Waals surface area contributed by atoms with Crippen molar-refractivity contribution in [1.29, 1.82) is 0 Å². The van der Waals surface area contributed by atoms with Crippen LogP contribution in [0.15, 0.2) is 73.1 Å². The van der Waals surface area contributed by atoms with E-state index in [1.54, 1.807) is 30.5 Å². The fraction of sp³-hybridized carbons (Fsp3) is 0.250. The maximum atomic E-state index is 13.2. The van der Waals surface area contributed by atoms with E-state index in [9.17, 15) is 9.18 Å². The van der Waals surface area contributed by atoms with Crippen LogP contribution in [-0.2, 0) is 0 Å². The second-order valence-electron chi connectivity index (χ2n) is 7.52. The Morgan fingerprint density at radius 2 is 1.84 bits per heavy atom. The molecule has 2 aromatic carbocycles. The molecular weight excluding hydrogens is 415 g/mol. The van der Waals surface area contributed by atoms with Gasteiger partial charge in [0.2, 0.25) is 0 Å². The molecule has 1 aliphatic heterocycles. The largest absolute Gasteiger partial charge is 0.369 e. The first-order valence-electron chi connectivity index (χ1n) is 10.3. The van der Waals surface area contributed by atoms with Gasteiger partial charge in [0.05, 0.1) is 6.04 Å². The maximum absolute atomic E-state index is 13.2. The summed E-state index contributed by atoms with van der Waals surface area (Å²) >= 11 is 6.02. The average Bonchev–Trinajstić information content (AvgIpc) is 2.81. The van der Waals surface area contributed by atoms with Crippen molar-refractivity contribution < 1.29 is 9.18 Å². The third-order valence-electron chi connectivity index (χ3n) is 5.56. The lowest BCUT2D eigenvalue weighted by molar-refractivity contribution is 0.0930. The first-order valence-corrected chi connectivity index (χ1v) is 10.7. The number of nitrogens with zero attached hydrogens (tertiary/aromatic N) is 3. The second-order valence-corrected chi connectivity index (χ2v) is 7.96. The second kappa shape index (κ2) is 9.90.